The number of benzene rings is 1. The second-order valence-electron chi connectivity index (χ2n) is 5.14. The van der Waals surface area contributed by atoms with Crippen molar-refractivity contribution < 1.29 is 19.1 Å². The molecule has 0 atom stereocenters. The molecule has 1 aliphatic heterocycles. The summed E-state index contributed by atoms with van der Waals surface area (Å²) >= 11 is 0. The average Bonchev–Trinajstić information content (AvgIpc) is 2.60. The number of carbonyl (C=O) groups excluding carboxylic acids is 3. The lowest BCUT2D eigenvalue weighted by Gasteiger charge is -2.32. The van der Waals surface area contributed by atoms with Gasteiger partial charge in [-0.3, -0.25) is 9.59 Å². The van der Waals surface area contributed by atoms with Crippen molar-refractivity contribution >= 4 is 24.0 Å². The molecule has 0 spiro atoms. The van der Waals surface area contributed by atoms with Crippen LogP contribution in [0.4, 0.5) is 5.69 Å². The molecule has 1 aromatic carbocycles. The second-order valence-corrected chi connectivity index (χ2v) is 5.14. The predicted octanol–water partition coefficient (Wildman–Crippen LogP) is 0.576. The fourth-order valence-corrected chi connectivity index (χ4v) is 2.38. The van der Waals surface area contributed by atoms with E-state index in [2.05, 4.69) is 5.32 Å². The third-order valence-electron chi connectivity index (χ3n) is 3.67. The molecule has 1 N–H and O–H groups in total. The second kappa shape index (κ2) is 8.17. The smallest absolute Gasteiger partial charge is 0.340 e. The number of rotatable bonds is 6. The first-order chi connectivity index (χ1) is 11.2. The van der Waals surface area contributed by atoms with Crippen LogP contribution < -0.4 is 5.32 Å². The van der Waals surface area contributed by atoms with Crippen molar-refractivity contribution in [2.45, 2.75) is 6.92 Å². The minimum atomic E-state index is -0.414. The molecule has 1 aliphatic rings. The van der Waals surface area contributed by atoms with Gasteiger partial charge in [0.2, 0.25) is 12.3 Å². The Hall–Kier alpha value is -2.57. The Morgan fingerprint density at radius 1 is 1.22 bits per heavy atom. The third-order valence-corrected chi connectivity index (χ3v) is 3.67. The third kappa shape index (κ3) is 4.45. The number of carbonyl (C=O) groups is 3. The highest BCUT2D eigenvalue weighted by atomic mass is 16.5. The quantitative estimate of drug-likeness (QED) is 0.613. The summed E-state index contributed by atoms with van der Waals surface area (Å²) in [5.41, 5.74) is 0.985. The van der Waals surface area contributed by atoms with Gasteiger partial charge in [0.05, 0.1) is 18.7 Å². The van der Waals surface area contributed by atoms with Gasteiger partial charge in [0.25, 0.3) is 0 Å². The molecule has 2 rings (SSSR count). The molecule has 7 heteroatoms. The molecule has 0 aliphatic carbocycles. The minimum Gasteiger partial charge on any atom is -0.462 e. The van der Waals surface area contributed by atoms with E-state index in [4.69, 9.17) is 4.74 Å². The van der Waals surface area contributed by atoms with Crippen LogP contribution in [0.2, 0.25) is 0 Å². The molecular weight excluding hydrogens is 298 g/mol. The van der Waals surface area contributed by atoms with Gasteiger partial charge in [-0.2, -0.15) is 0 Å². The molecular formula is C16H21N3O4. The van der Waals surface area contributed by atoms with E-state index >= 15 is 0 Å². The molecule has 0 radical (unpaired) electrons. The summed E-state index contributed by atoms with van der Waals surface area (Å²) in [6, 6.07) is 6.94. The SMILES string of the molecule is CCOC(=O)c1ccccc1NCC(=O)N1CCN(C=O)CC1. The van der Waals surface area contributed by atoms with E-state index in [1.54, 1.807) is 41.0 Å². The average molecular weight is 319 g/mol. The predicted molar refractivity (Wildman–Crippen MR) is 85.1 cm³/mol. The number of amides is 2. The Labute approximate surface area is 135 Å². The number of hydrogen-bond acceptors (Lipinski definition) is 5. The number of anilines is 1. The normalized spacial score (nSPS) is 14.3. The largest absolute Gasteiger partial charge is 0.462 e. The maximum absolute atomic E-state index is 12.2. The van der Waals surface area contributed by atoms with Crippen molar-refractivity contribution in [3.63, 3.8) is 0 Å². The lowest BCUT2D eigenvalue weighted by molar-refractivity contribution is -0.133. The molecule has 2 amide bonds. The van der Waals surface area contributed by atoms with Gasteiger partial charge in [0.1, 0.15) is 0 Å². The van der Waals surface area contributed by atoms with Gasteiger partial charge in [-0.25, -0.2) is 4.79 Å². The Morgan fingerprint density at radius 3 is 2.57 bits per heavy atom. The zero-order chi connectivity index (χ0) is 16.7. The molecule has 0 aromatic heterocycles. The number of hydrogen-bond donors (Lipinski definition) is 1. The van der Waals surface area contributed by atoms with Gasteiger partial charge in [0.15, 0.2) is 0 Å². The van der Waals surface area contributed by atoms with Gasteiger partial charge in [-0.15, -0.1) is 0 Å². The first kappa shape index (κ1) is 16.8. The number of nitrogens with one attached hydrogen (secondary N) is 1. The van der Waals surface area contributed by atoms with Crippen molar-refractivity contribution in [2.75, 3.05) is 44.6 Å². The number of esters is 1. The van der Waals surface area contributed by atoms with Crippen molar-refractivity contribution in [3.8, 4) is 0 Å². The minimum absolute atomic E-state index is 0.0609. The maximum Gasteiger partial charge on any atom is 0.340 e. The van der Waals surface area contributed by atoms with Crippen LogP contribution in [0.25, 0.3) is 0 Å². The first-order valence-corrected chi connectivity index (χ1v) is 7.63. The van der Waals surface area contributed by atoms with Crippen molar-refractivity contribution in [1.82, 2.24) is 9.80 Å². The van der Waals surface area contributed by atoms with Crippen molar-refractivity contribution in [3.05, 3.63) is 29.8 Å². The van der Waals surface area contributed by atoms with E-state index in [0.29, 0.717) is 44.0 Å². The molecule has 0 saturated carbocycles. The molecule has 124 valence electrons. The molecule has 0 unspecified atom stereocenters. The van der Waals surface area contributed by atoms with E-state index in [1.165, 1.54) is 0 Å². The molecule has 1 fully saturated rings. The molecule has 1 heterocycles. The van der Waals surface area contributed by atoms with Gasteiger partial charge < -0.3 is 19.9 Å². The summed E-state index contributed by atoms with van der Waals surface area (Å²) in [5, 5.41) is 3.00. The topological polar surface area (TPSA) is 79.0 Å². The highest BCUT2D eigenvalue weighted by Gasteiger charge is 2.20. The monoisotopic (exact) mass is 319 g/mol. The van der Waals surface area contributed by atoms with Crippen LogP contribution in [-0.2, 0) is 14.3 Å². The zero-order valence-electron chi connectivity index (χ0n) is 13.2. The Bertz CT molecular complexity index is 568. The Kier molecular flexibility index (Phi) is 5.96. The number of ether oxygens (including phenoxy) is 1. The van der Waals surface area contributed by atoms with Crippen LogP contribution in [0.3, 0.4) is 0 Å². The number of piperazine rings is 1. The fraction of sp³-hybridized carbons (Fsp3) is 0.438. The van der Waals surface area contributed by atoms with Crippen molar-refractivity contribution in [2.24, 2.45) is 0 Å². The maximum atomic E-state index is 12.2. The van der Waals surface area contributed by atoms with Crippen LogP contribution >= 0.6 is 0 Å². The molecule has 23 heavy (non-hydrogen) atoms. The zero-order valence-corrected chi connectivity index (χ0v) is 13.2. The lowest BCUT2D eigenvalue weighted by Crippen LogP contribution is -2.49. The molecule has 7 nitrogen and oxygen atoms in total. The van der Waals surface area contributed by atoms with Crippen molar-refractivity contribution in [1.29, 1.82) is 0 Å². The highest BCUT2D eigenvalue weighted by Crippen LogP contribution is 2.16. The van der Waals surface area contributed by atoms with E-state index in [-0.39, 0.29) is 12.5 Å². The fourth-order valence-electron chi connectivity index (χ4n) is 2.38. The van der Waals surface area contributed by atoms with Gasteiger partial charge >= 0.3 is 5.97 Å². The van der Waals surface area contributed by atoms with E-state index in [1.807, 2.05) is 0 Å². The van der Waals surface area contributed by atoms with Crippen LogP contribution in [0, 0.1) is 0 Å². The summed E-state index contributed by atoms with van der Waals surface area (Å²) in [6.45, 7) is 4.29. The Balaban J connectivity index is 1.92. The van der Waals surface area contributed by atoms with Crippen LogP contribution in [0.1, 0.15) is 17.3 Å². The Morgan fingerprint density at radius 2 is 1.91 bits per heavy atom. The lowest BCUT2D eigenvalue weighted by atomic mass is 10.2. The summed E-state index contributed by atoms with van der Waals surface area (Å²) in [4.78, 5) is 38.1. The summed E-state index contributed by atoms with van der Waals surface area (Å²) in [7, 11) is 0. The number of nitrogens with zero attached hydrogens (tertiary/aromatic N) is 2. The van der Waals surface area contributed by atoms with Crippen LogP contribution in [0.5, 0.6) is 0 Å². The van der Waals surface area contributed by atoms with Crippen LogP contribution in [-0.4, -0.2) is 67.4 Å². The molecule has 0 bridgehead atoms. The summed E-state index contributed by atoms with van der Waals surface area (Å²) in [6.07, 6.45) is 0.801. The van der Waals surface area contributed by atoms with E-state index in [0.717, 1.165) is 6.41 Å². The molecule has 1 saturated heterocycles. The molecule has 1 aromatic rings. The standard InChI is InChI=1S/C16H21N3O4/c1-2-23-16(22)13-5-3-4-6-14(13)17-11-15(21)19-9-7-18(12-20)8-10-19/h3-6,12,17H,2,7-11H2,1H3. The van der Waals surface area contributed by atoms with Gasteiger partial charge in [-0.1, -0.05) is 12.1 Å². The van der Waals surface area contributed by atoms with Crippen LogP contribution in [0.15, 0.2) is 24.3 Å². The first-order valence-electron chi connectivity index (χ1n) is 7.63. The number of para-hydroxylation sites is 1. The van der Waals surface area contributed by atoms with Gasteiger partial charge in [0, 0.05) is 31.9 Å². The highest BCUT2D eigenvalue weighted by molar-refractivity contribution is 5.96. The summed E-state index contributed by atoms with van der Waals surface area (Å²) < 4.78 is 5.00. The van der Waals surface area contributed by atoms with Gasteiger partial charge in [-0.05, 0) is 19.1 Å². The van der Waals surface area contributed by atoms with E-state index in [9.17, 15) is 14.4 Å². The van der Waals surface area contributed by atoms with E-state index < -0.39 is 5.97 Å². The summed E-state index contributed by atoms with van der Waals surface area (Å²) in [5.74, 6) is -0.475.